The normalized spacial score (nSPS) is 24.8. The molecule has 3 rings (SSSR count). The molecule has 2 amide bonds. The fourth-order valence-corrected chi connectivity index (χ4v) is 3.33. The summed E-state index contributed by atoms with van der Waals surface area (Å²) >= 11 is 0. The van der Waals surface area contributed by atoms with Gasteiger partial charge in [-0.3, -0.25) is 0 Å². The molecule has 0 radical (unpaired) electrons. The number of carboxylic acid groups (broad SMARTS) is 1. The third-order valence-electron chi connectivity index (χ3n) is 4.46. The molecule has 2 heterocycles. The minimum Gasteiger partial charge on any atom is -0.479 e. The van der Waals surface area contributed by atoms with Crippen LogP contribution in [0.1, 0.15) is 30.5 Å². The predicted octanol–water partition coefficient (Wildman–Crippen LogP) is 2.13. The first kappa shape index (κ1) is 13.9. The van der Waals surface area contributed by atoms with Gasteiger partial charge in [0.25, 0.3) is 0 Å². The van der Waals surface area contributed by atoms with E-state index in [2.05, 4.69) is 6.92 Å². The monoisotopic (exact) mass is 288 g/mol. The van der Waals surface area contributed by atoms with E-state index in [0.29, 0.717) is 12.5 Å². The number of carbonyl (C=O) groups is 2. The fraction of sp³-hybridized carbons (Fsp3) is 0.500. The summed E-state index contributed by atoms with van der Waals surface area (Å²) in [5.41, 5.74) is 1.78. The van der Waals surface area contributed by atoms with Crippen molar-refractivity contribution in [2.75, 3.05) is 19.6 Å². The molecule has 2 atom stereocenters. The summed E-state index contributed by atoms with van der Waals surface area (Å²) in [5.74, 6) is -0.461. The van der Waals surface area contributed by atoms with Crippen LogP contribution in [0.2, 0.25) is 0 Å². The van der Waals surface area contributed by atoms with Crippen LogP contribution in [0.4, 0.5) is 4.79 Å². The van der Waals surface area contributed by atoms with Gasteiger partial charge in [0.15, 0.2) is 6.04 Å². The Bertz CT molecular complexity index is 572. The van der Waals surface area contributed by atoms with Crippen molar-refractivity contribution in [2.45, 2.75) is 25.8 Å². The number of aliphatic carboxylic acids is 1. The second-order valence-corrected chi connectivity index (χ2v) is 6.01. The van der Waals surface area contributed by atoms with E-state index in [-0.39, 0.29) is 6.03 Å². The SMILES string of the molecule is CC1CCN(C(=O)N2CCc3ccccc3C2C(=O)O)C1. The van der Waals surface area contributed by atoms with Gasteiger partial charge in [-0.2, -0.15) is 0 Å². The lowest BCUT2D eigenvalue weighted by Gasteiger charge is -2.37. The van der Waals surface area contributed by atoms with E-state index < -0.39 is 12.0 Å². The number of hydrogen-bond acceptors (Lipinski definition) is 2. The molecule has 2 aliphatic rings. The number of carboxylic acids is 1. The van der Waals surface area contributed by atoms with Crippen LogP contribution < -0.4 is 0 Å². The Morgan fingerprint density at radius 3 is 2.67 bits per heavy atom. The van der Waals surface area contributed by atoms with E-state index in [0.717, 1.165) is 37.1 Å². The highest BCUT2D eigenvalue weighted by atomic mass is 16.4. The molecule has 1 N–H and O–H groups in total. The van der Waals surface area contributed by atoms with Crippen molar-refractivity contribution < 1.29 is 14.7 Å². The zero-order valence-electron chi connectivity index (χ0n) is 12.2. The topological polar surface area (TPSA) is 60.9 Å². The van der Waals surface area contributed by atoms with Crippen molar-refractivity contribution >= 4 is 12.0 Å². The third kappa shape index (κ3) is 2.48. The predicted molar refractivity (Wildman–Crippen MR) is 78.0 cm³/mol. The highest BCUT2D eigenvalue weighted by Crippen LogP contribution is 2.31. The number of carbonyl (C=O) groups excluding carboxylic acids is 1. The molecule has 0 aliphatic carbocycles. The Balaban J connectivity index is 1.89. The van der Waals surface area contributed by atoms with Crippen molar-refractivity contribution in [1.82, 2.24) is 9.80 Å². The second kappa shape index (κ2) is 5.39. The summed E-state index contributed by atoms with van der Waals surface area (Å²) in [5, 5.41) is 9.59. The van der Waals surface area contributed by atoms with E-state index in [1.807, 2.05) is 24.3 Å². The Kier molecular flexibility index (Phi) is 3.57. The Hall–Kier alpha value is -2.04. The number of urea groups is 1. The zero-order chi connectivity index (χ0) is 15.0. The lowest BCUT2D eigenvalue weighted by Crippen LogP contribution is -2.49. The van der Waals surface area contributed by atoms with E-state index in [1.54, 1.807) is 4.90 Å². The molecule has 21 heavy (non-hydrogen) atoms. The molecular weight excluding hydrogens is 268 g/mol. The summed E-state index contributed by atoms with van der Waals surface area (Å²) in [4.78, 5) is 27.7. The summed E-state index contributed by atoms with van der Waals surface area (Å²) in [7, 11) is 0. The maximum atomic E-state index is 12.7. The summed E-state index contributed by atoms with van der Waals surface area (Å²) < 4.78 is 0. The quantitative estimate of drug-likeness (QED) is 0.861. The van der Waals surface area contributed by atoms with Crippen LogP contribution in [0.15, 0.2) is 24.3 Å². The molecule has 1 saturated heterocycles. The van der Waals surface area contributed by atoms with E-state index >= 15 is 0 Å². The van der Waals surface area contributed by atoms with Gasteiger partial charge in [0, 0.05) is 19.6 Å². The smallest absolute Gasteiger partial charge is 0.331 e. The molecular formula is C16H20N2O3. The second-order valence-electron chi connectivity index (χ2n) is 6.01. The molecule has 0 spiro atoms. The van der Waals surface area contributed by atoms with Gasteiger partial charge in [0.2, 0.25) is 0 Å². The van der Waals surface area contributed by atoms with Gasteiger partial charge >= 0.3 is 12.0 Å². The van der Waals surface area contributed by atoms with Gasteiger partial charge in [0.05, 0.1) is 0 Å². The van der Waals surface area contributed by atoms with Crippen LogP contribution in [0.5, 0.6) is 0 Å². The lowest BCUT2D eigenvalue weighted by molar-refractivity contribution is -0.143. The van der Waals surface area contributed by atoms with Gasteiger partial charge < -0.3 is 14.9 Å². The molecule has 1 fully saturated rings. The Morgan fingerprint density at radius 2 is 2.00 bits per heavy atom. The van der Waals surface area contributed by atoms with Gasteiger partial charge in [0.1, 0.15) is 0 Å². The van der Waals surface area contributed by atoms with Crippen molar-refractivity contribution in [3.63, 3.8) is 0 Å². The Morgan fingerprint density at radius 1 is 1.24 bits per heavy atom. The number of nitrogens with zero attached hydrogens (tertiary/aromatic N) is 2. The standard InChI is InChI=1S/C16H20N2O3/c1-11-6-8-17(10-11)16(21)18-9-7-12-4-2-3-5-13(12)14(18)15(19)20/h2-5,11,14H,6-10H2,1H3,(H,19,20). The first-order valence-electron chi connectivity index (χ1n) is 7.44. The van der Waals surface area contributed by atoms with Gasteiger partial charge in [-0.15, -0.1) is 0 Å². The maximum absolute atomic E-state index is 12.7. The van der Waals surface area contributed by atoms with Crippen molar-refractivity contribution in [1.29, 1.82) is 0 Å². The Labute approximate surface area is 124 Å². The summed E-state index contributed by atoms with van der Waals surface area (Å²) in [6.07, 6.45) is 1.71. The van der Waals surface area contributed by atoms with Gasteiger partial charge in [-0.25, -0.2) is 9.59 Å². The minimum atomic E-state index is -0.956. The van der Waals surface area contributed by atoms with E-state index in [4.69, 9.17) is 0 Å². The highest BCUT2D eigenvalue weighted by molar-refractivity contribution is 5.85. The van der Waals surface area contributed by atoms with Gasteiger partial charge in [-0.05, 0) is 29.9 Å². The molecule has 2 unspecified atom stereocenters. The van der Waals surface area contributed by atoms with Crippen LogP contribution >= 0.6 is 0 Å². The van der Waals surface area contributed by atoms with Crippen molar-refractivity contribution in [2.24, 2.45) is 5.92 Å². The summed E-state index contributed by atoms with van der Waals surface area (Å²) in [6, 6.07) is 6.52. The molecule has 5 nitrogen and oxygen atoms in total. The largest absolute Gasteiger partial charge is 0.479 e. The average molecular weight is 288 g/mol. The molecule has 0 aromatic heterocycles. The average Bonchev–Trinajstić information content (AvgIpc) is 2.91. The summed E-state index contributed by atoms with van der Waals surface area (Å²) in [6.45, 7) is 4.04. The number of benzene rings is 1. The molecule has 0 saturated carbocycles. The highest BCUT2D eigenvalue weighted by Gasteiger charge is 2.38. The number of likely N-dealkylation sites (tertiary alicyclic amines) is 1. The first-order valence-corrected chi connectivity index (χ1v) is 7.44. The van der Waals surface area contributed by atoms with Crippen LogP contribution in [-0.4, -0.2) is 46.5 Å². The van der Waals surface area contributed by atoms with Gasteiger partial charge in [-0.1, -0.05) is 31.2 Å². The molecule has 2 aliphatic heterocycles. The lowest BCUT2D eigenvalue weighted by atomic mass is 9.93. The van der Waals surface area contributed by atoms with Crippen LogP contribution in [0.3, 0.4) is 0 Å². The van der Waals surface area contributed by atoms with Crippen LogP contribution in [-0.2, 0) is 11.2 Å². The zero-order valence-corrected chi connectivity index (χ0v) is 12.2. The van der Waals surface area contributed by atoms with E-state index in [9.17, 15) is 14.7 Å². The number of fused-ring (bicyclic) bond motifs is 1. The fourth-order valence-electron chi connectivity index (χ4n) is 3.33. The molecule has 1 aromatic rings. The van der Waals surface area contributed by atoms with Crippen LogP contribution in [0, 0.1) is 5.92 Å². The number of hydrogen-bond donors (Lipinski definition) is 1. The van der Waals surface area contributed by atoms with Crippen LogP contribution in [0.25, 0.3) is 0 Å². The number of rotatable bonds is 1. The third-order valence-corrected chi connectivity index (χ3v) is 4.46. The molecule has 0 bridgehead atoms. The first-order chi connectivity index (χ1) is 10.1. The number of amides is 2. The maximum Gasteiger partial charge on any atom is 0.331 e. The molecule has 1 aromatic carbocycles. The van der Waals surface area contributed by atoms with E-state index in [1.165, 1.54) is 4.90 Å². The molecule has 112 valence electrons. The van der Waals surface area contributed by atoms with Crippen molar-refractivity contribution in [3.8, 4) is 0 Å². The van der Waals surface area contributed by atoms with Crippen molar-refractivity contribution in [3.05, 3.63) is 35.4 Å². The minimum absolute atomic E-state index is 0.138. The molecule has 5 heteroatoms.